The van der Waals surface area contributed by atoms with E-state index in [0.717, 1.165) is 36.3 Å². The summed E-state index contributed by atoms with van der Waals surface area (Å²) in [6, 6.07) is -1.20. The molecule has 0 aliphatic carbocycles. The zero-order valence-electron chi connectivity index (χ0n) is 16.5. The number of unbranched alkanes of at least 4 members (excludes halogenated alkanes) is 2. The minimum Gasteiger partial charge on any atom is -0.480 e. The van der Waals surface area contributed by atoms with Crippen LogP contribution >= 0.6 is 25.3 Å². The van der Waals surface area contributed by atoms with Crippen LogP contribution in [0.1, 0.15) is 51.4 Å². The van der Waals surface area contributed by atoms with Gasteiger partial charge in [0, 0.05) is 18.2 Å². The Morgan fingerprint density at radius 3 is 1.97 bits per heavy atom. The van der Waals surface area contributed by atoms with Crippen LogP contribution in [0.5, 0.6) is 0 Å². The Kier molecular flexibility index (Phi) is 15.5. The number of nitrogens with zero attached hydrogens (tertiary/aromatic N) is 1. The van der Waals surface area contributed by atoms with Gasteiger partial charge in [0.2, 0.25) is 5.91 Å². The predicted molar refractivity (Wildman–Crippen MR) is 115 cm³/mol. The smallest absolute Gasteiger partial charge is 0.320 e. The highest BCUT2D eigenvalue weighted by Crippen LogP contribution is 2.13. The zero-order chi connectivity index (χ0) is 22.2. The first-order valence-corrected chi connectivity index (χ1v) is 10.8. The molecule has 0 radical (unpaired) electrons. The molecule has 1 amide bonds. The number of carbonyl (C=O) groups is 4. The van der Waals surface area contributed by atoms with Gasteiger partial charge in [-0.3, -0.25) is 24.1 Å². The van der Waals surface area contributed by atoms with E-state index in [9.17, 15) is 24.3 Å². The van der Waals surface area contributed by atoms with Gasteiger partial charge in [-0.25, -0.2) is 0 Å². The number of hydrogen-bond donors (Lipinski definition) is 6. The molecule has 11 heteroatoms. The minimum atomic E-state index is -1.29. The summed E-state index contributed by atoms with van der Waals surface area (Å²) in [7, 11) is 0. The number of aliphatic carboxylic acids is 3. The number of thiol groups is 2. The first-order chi connectivity index (χ1) is 13.7. The Balaban J connectivity index is 4.14. The van der Waals surface area contributed by atoms with Gasteiger partial charge in [-0.2, -0.15) is 25.3 Å². The molecule has 0 aromatic carbocycles. The summed E-state index contributed by atoms with van der Waals surface area (Å²) < 4.78 is 0. The van der Waals surface area contributed by atoms with Crippen molar-refractivity contribution in [1.29, 1.82) is 0 Å². The Morgan fingerprint density at radius 2 is 1.45 bits per heavy atom. The summed E-state index contributed by atoms with van der Waals surface area (Å²) in [4.78, 5) is 45.8. The minimum absolute atomic E-state index is 0.0666. The maximum atomic E-state index is 11.8. The number of rotatable bonds is 18. The van der Waals surface area contributed by atoms with Crippen LogP contribution in [0.3, 0.4) is 0 Å². The fourth-order valence-corrected chi connectivity index (χ4v) is 3.65. The summed E-state index contributed by atoms with van der Waals surface area (Å²) in [5, 5.41) is 30.1. The van der Waals surface area contributed by atoms with Crippen molar-refractivity contribution in [1.82, 2.24) is 10.2 Å². The molecule has 0 aromatic heterocycles. The Labute approximate surface area is 182 Å². The molecule has 0 bridgehead atoms. The standard InChI is InChI=1S/C18H32N2O7S2/c21-15(7-2-1-5-13(29)8-10-28)19-9-4-3-6-14(18(26)27)20(11-16(22)23)12-17(24)25/h13-14,28-29H,1-12H2,(H,19,21)(H,22,23)(H,24,25)(H,26,27)/t13?,14-/m0/s1. The predicted octanol–water partition coefficient (Wildman–Crippen LogP) is 1.38. The van der Waals surface area contributed by atoms with Crippen LogP contribution in [0.2, 0.25) is 0 Å². The van der Waals surface area contributed by atoms with Gasteiger partial charge in [-0.15, -0.1) is 0 Å². The van der Waals surface area contributed by atoms with E-state index in [1.54, 1.807) is 0 Å². The second kappa shape index (κ2) is 16.3. The molecule has 1 unspecified atom stereocenters. The second-order valence-corrected chi connectivity index (χ2v) is 7.98. The van der Waals surface area contributed by atoms with Gasteiger partial charge in [-0.1, -0.05) is 6.42 Å². The molecule has 168 valence electrons. The van der Waals surface area contributed by atoms with Crippen LogP contribution in [0, 0.1) is 0 Å². The maximum Gasteiger partial charge on any atom is 0.320 e. The molecular weight excluding hydrogens is 420 g/mol. The molecule has 0 rings (SSSR count). The van der Waals surface area contributed by atoms with Crippen molar-refractivity contribution in [3.8, 4) is 0 Å². The van der Waals surface area contributed by atoms with E-state index < -0.39 is 37.0 Å². The van der Waals surface area contributed by atoms with E-state index in [1.807, 2.05) is 0 Å². The number of carbonyl (C=O) groups excluding carboxylic acids is 1. The first-order valence-electron chi connectivity index (χ1n) is 9.63. The van der Waals surface area contributed by atoms with Crippen molar-refractivity contribution in [2.75, 3.05) is 25.4 Å². The molecule has 9 nitrogen and oxygen atoms in total. The molecule has 0 heterocycles. The molecule has 0 saturated heterocycles. The number of nitrogens with one attached hydrogen (secondary N) is 1. The summed E-state index contributed by atoms with van der Waals surface area (Å²) in [5.41, 5.74) is 0. The van der Waals surface area contributed by atoms with Crippen molar-refractivity contribution in [2.45, 2.75) is 62.7 Å². The normalized spacial score (nSPS) is 13.1. The third kappa shape index (κ3) is 15.1. The van der Waals surface area contributed by atoms with E-state index >= 15 is 0 Å². The lowest BCUT2D eigenvalue weighted by Crippen LogP contribution is -2.46. The summed E-state index contributed by atoms with van der Waals surface area (Å²) in [5.74, 6) is -3.12. The number of amides is 1. The Hall–Kier alpha value is -1.46. The fourth-order valence-electron chi connectivity index (χ4n) is 2.82. The van der Waals surface area contributed by atoms with E-state index in [4.69, 9.17) is 10.2 Å². The van der Waals surface area contributed by atoms with Gasteiger partial charge < -0.3 is 20.6 Å². The number of hydrogen-bond acceptors (Lipinski definition) is 7. The molecule has 2 atom stereocenters. The third-order valence-corrected chi connectivity index (χ3v) is 5.06. The Bertz CT molecular complexity index is 518. The third-order valence-electron chi connectivity index (χ3n) is 4.28. The molecular formula is C18H32N2O7S2. The number of carboxylic acids is 3. The lowest BCUT2D eigenvalue weighted by molar-refractivity contribution is -0.149. The van der Waals surface area contributed by atoms with Crippen molar-refractivity contribution in [3.63, 3.8) is 0 Å². The molecule has 0 fully saturated rings. The van der Waals surface area contributed by atoms with Gasteiger partial charge in [0.25, 0.3) is 0 Å². The molecule has 4 N–H and O–H groups in total. The largest absolute Gasteiger partial charge is 0.480 e. The quantitative estimate of drug-likeness (QED) is 0.135. The average molecular weight is 453 g/mol. The molecule has 29 heavy (non-hydrogen) atoms. The van der Waals surface area contributed by atoms with Crippen molar-refractivity contribution in [2.24, 2.45) is 0 Å². The number of carboxylic acid groups (broad SMARTS) is 3. The summed E-state index contributed by atoms with van der Waals surface area (Å²) >= 11 is 8.59. The monoisotopic (exact) mass is 452 g/mol. The lowest BCUT2D eigenvalue weighted by Gasteiger charge is -2.25. The van der Waals surface area contributed by atoms with Gasteiger partial charge in [0.05, 0.1) is 13.1 Å². The zero-order valence-corrected chi connectivity index (χ0v) is 18.2. The highest BCUT2D eigenvalue weighted by molar-refractivity contribution is 7.81. The van der Waals surface area contributed by atoms with Crippen molar-refractivity contribution < 1.29 is 34.5 Å². The first kappa shape index (κ1) is 27.5. The van der Waals surface area contributed by atoms with Crippen LogP contribution in [0.4, 0.5) is 0 Å². The van der Waals surface area contributed by atoms with E-state index in [0.29, 0.717) is 31.1 Å². The van der Waals surface area contributed by atoms with Gasteiger partial charge in [0.1, 0.15) is 6.04 Å². The SMILES string of the molecule is O=C(O)CN(CC(=O)O)[C@@H](CCCCNC(=O)CCCCC(S)CCS)C(=O)O. The van der Waals surface area contributed by atoms with Crippen molar-refractivity contribution >= 4 is 49.1 Å². The van der Waals surface area contributed by atoms with E-state index in [2.05, 4.69) is 30.6 Å². The molecule has 0 aromatic rings. The summed E-state index contributed by atoms with van der Waals surface area (Å²) in [6.45, 7) is -0.944. The molecule has 0 aliphatic rings. The second-order valence-electron chi connectivity index (χ2n) is 6.80. The van der Waals surface area contributed by atoms with Gasteiger partial charge >= 0.3 is 17.9 Å². The maximum absolute atomic E-state index is 11.8. The highest BCUT2D eigenvalue weighted by Gasteiger charge is 2.28. The van der Waals surface area contributed by atoms with Crippen LogP contribution in [-0.2, 0) is 19.2 Å². The average Bonchev–Trinajstić information content (AvgIpc) is 2.60. The lowest BCUT2D eigenvalue weighted by atomic mass is 10.1. The van der Waals surface area contributed by atoms with E-state index in [-0.39, 0.29) is 12.3 Å². The van der Waals surface area contributed by atoms with Gasteiger partial charge in [0.15, 0.2) is 0 Å². The topological polar surface area (TPSA) is 144 Å². The summed E-state index contributed by atoms with van der Waals surface area (Å²) in [6.07, 6.45) is 5.02. The van der Waals surface area contributed by atoms with Gasteiger partial charge in [-0.05, 0) is 44.3 Å². The Morgan fingerprint density at radius 1 is 0.862 bits per heavy atom. The highest BCUT2D eigenvalue weighted by atomic mass is 32.1. The van der Waals surface area contributed by atoms with E-state index in [1.165, 1.54) is 0 Å². The fraction of sp³-hybridized carbons (Fsp3) is 0.778. The molecule has 0 aliphatic heterocycles. The molecule has 0 spiro atoms. The van der Waals surface area contributed by atoms with Crippen LogP contribution < -0.4 is 5.32 Å². The van der Waals surface area contributed by atoms with Crippen LogP contribution in [0.25, 0.3) is 0 Å². The van der Waals surface area contributed by atoms with Crippen LogP contribution in [0.15, 0.2) is 0 Å². The van der Waals surface area contributed by atoms with Crippen LogP contribution in [-0.4, -0.2) is 80.7 Å². The molecule has 0 saturated carbocycles. The van der Waals surface area contributed by atoms with Crippen molar-refractivity contribution in [3.05, 3.63) is 0 Å².